The lowest BCUT2D eigenvalue weighted by Crippen LogP contribution is -2.47. The number of nitrogens with zero attached hydrogens (tertiary/aromatic N) is 2. The predicted molar refractivity (Wildman–Crippen MR) is 126 cm³/mol. The molecule has 1 aliphatic rings. The predicted octanol–water partition coefficient (Wildman–Crippen LogP) is 4.11. The van der Waals surface area contributed by atoms with Crippen molar-refractivity contribution in [2.45, 2.75) is 43.6 Å². The number of rotatable bonds is 6. The highest BCUT2D eigenvalue weighted by Gasteiger charge is 2.34. The lowest BCUT2D eigenvalue weighted by atomic mass is 9.84. The summed E-state index contributed by atoms with van der Waals surface area (Å²) in [6, 6.07) is 10.0. The normalized spacial score (nSPS) is 16.4. The van der Waals surface area contributed by atoms with Gasteiger partial charge >= 0.3 is 0 Å². The number of fused-ring (bicyclic) bond motifs is 1. The van der Waals surface area contributed by atoms with Crippen LogP contribution in [0.15, 0.2) is 52.9 Å². The van der Waals surface area contributed by atoms with Crippen LogP contribution in [0.3, 0.4) is 0 Å². The Labute approximate surface area is 192 Å². The van der Waals surface area contributed by atoms with Gasteiger partial charge in [-0.05, 0) is 61.6 Å². The average Bonchev–Trinajstić information content (AvgIpc) is 3.18. The Bertz CT molecular complexity index is 1210. The molecule has 0 radical (unpaired) electrons. The number of benzene rings is 1. The molecule has 1 fully saturated rings. The average molecular weight is 474 g/mol. The van der Waals surface area contributed by atoms with E-state index in [-0.39, 0.29) is 10.8 Å². The van der Waals surface area contributed by atoms with Crippen molar-refractivity contribution in [1.82, 2.24) is 9.88 Å². The maximum atomic E-state index is 12.9. The van der Waals surface area contributed by atoms with Crippen molar-refractivity contribution in [1.29, 1.82) is 0 Å². The molecule has 3 heterocycles. The maximum Gasteiger partial charge on any atom is 0.264 e. The third-order valence-corrected chi connectivity index (χ3v) is 8.22. The van der Waals surface area contributed by atoms with Gasteiger partial charge in [-0.3, -0.25) is 14.5 Å². The molecule has 0 unspecified atom stereocenters. The summed E-state index contributed by atoms with van der Waals surface area (Å²) in [7, 11) is -3.80. The minimum absolute atomic E-state index is 0.112. The van der Waals surface area contributed by atoms with Gasteiger partial charge in [0.25, 0.3) is 15.9 Å². The number of carbonyl (C=O) groups excluding carboxylic acids is 1. The summed E-state index contributed by atoms with van der Waals surface area (Å²) in [6.07, 6.45) is 3.44. The Hall–Kier alpha value is -2.49. The molecule has 32 heavy (non-hydrogen) atoms. The fourth-order valence-electron chi connectivity index (χ4n) is 4.20. The summed E-state index contributed by atoms with van der Waals surface area (Å²) in [6.45, 7) is 5.19. The Morgan fingerprint density at radius 2 is 1.91 bits per heavy atom. The van der Waals surface area contributed by atoms with Gasteiger partial charge < -0.3 is 10.0 Å². The third kappa shape index (κ3) is 4.79. The lowest BCUT2D eigenvalue weighted by Gasteiger charge is -2.39. The van der Waals surface area contributed by atoms with Crippen molar-refractivity contribution < 1.29 is 18.3 Å². The quantitative estimate of drug-likeness (QED) is 0.561. The van der Waals surface area contributed by atoms with Crippen molar-refractivity contribution in [3.05, 3.63) is 53.5 Å². The zero-order chi connectivity index (χ0) is 22.9. The van der Waals surface area contributed by atoms with Crippen LogP contribution >= 0.6 is 11.3 Å². The third-order valence-electron chi connectivity index (χ3n) is 5.74. The SMILES string of the molecule is CC(C)CC1(O)CCN(C(=O)c2ccc(NS(=O)(=O)c3csc4cccnc34)cc2)CC1. The van der Waals surface area contributed by atoms with E-state index in [4.69, 9.17) is 0 Å². The van der Waals surface area contributed by atoms with E-state index >= 15 is 0 Å². The summed E-state index contributed by atoms with van der Waals surface area (Å²) in [4.78, 5) is 18.9. The van der Waals surface area contributed by atoms with Gasteiger partial charge in [0.1, 0.15) is 10.4 Å². The molecule has 0 atom stereocenters. The van der Waals surface area contributed by atoms with Crippen molar-refractivity contribution in [2.75, 3.05) is 17.8 Å². The molecule has 170 valence electrons. The first-order valence-corrected chi connectivity index (χ1v) is 13.0. The van der Waals surface area contributed by atoms with Crippen LogP contribution in [0.4, 0.5) is 5.69 Å². The number of likely N-dealkylation sites (tertiary alicyclic amines) is 1. The van der Waals surface area contributed by atoms with Crippen LogP contribution in [-0.2, 0) is 10.0 Å². The Morgan fingerprint density at radius 3 is 2.56 bits per heavy atom. The van der Waals surface area contributed by atoms with E-state index in [1.807, 2.05) is 6.07 Å². The molecule has 0 spiro atoms. The number of aliphatic hydroxyl groups is 1. The molecule has 2 aromatic heterocycles. The largest absolute Gasteiger partial charge is 0.390 e. The van der Waals surface area contributed by atoms with Crippen LogP contribution in [0.2, 0.25) is 0 Å². The van der Waals surface area contributed by atoms with Crippen LogP contribution < -0.4 is 4.72 Å². The second-order valence-electron chi connectivity index (χ2n) is 8.75. The highest BCUT2D eigenvalue weighted by Crippen LogP contribution is 2.30. The van der Waals surface area contributed by atoms with E-state index in [2.05, 4.69) is 23.6 Å². The van der Waals surface area contributed by atoms with Crippen molar-refractivity contribution in [3.63, 3.8) is 0 Å². The van der Waals surface area contributed by atoms with E-state index < -0.39 is 15.6 Å². The molecule has 1 aliphatic heterocycles. The van der Waals surface area contributed by atoms with Gasteiger partial charge in [0, 0.05) is 35.9 Å². The van der Waals surface area contributed by atoms with Crippen LogP contribution in [0.1, 0.15) is 43.5 Å². The number of sulfonamides is 1. The number of pyridine rings is 1. The van der Waals surface area contributed by atoms with Crippen LogP contribution in [-0.4, -0.2) is 48.0 Å². The second-order valence-corrected chi connectivity index (χ2v) is 11.3. The van der Waals surface area contributed by atoms with Gasteiger partial charge in [0.2, 0.25) is 0 Å². The monoisotopic (exact) mass is 473 g/mol. The molecule has 4 rings (SSSR count). The van der Waals surface area contributed by atoms with Crippen molar-refractivity contribution >= 4 is 43.2 Å². The zero-order valence-electron chi connectivity index (χ0n) is 18.1. The van der Waals surface area contributed by atoms with Crippen LogP contribution in [0.25, 0.3) is 10.2 Å². The summed E-state index contributed by atoms with van der Waals surface area (Å²) < 4.78 is 29.0. The molecule has 2 N–H and O–H groups in total. The highest BCUT2D eigenvalue weighted by molar-refractivity contribution is 7.93. The minimum Gasteiger partial charge on any atom is -0.390 e. The number of hydrogen-bond donors (Lipinski definition) is 2. The van der Waals surface area contributed by atoms with E-state index in [0.717, 1.165) is 11.1 Å². The summed E-state index contributed by atoms with van der Waals surface area (Å²) in [5.74, 6) is 0.292. The fourth-order valence-corrected chi connectivity index (χ4v) is 6.66. The molecule has 1 aromatic carbocycles. The molecule has 1 saturated heterocycles. The van der Waals surface area contributed by atoms with E-state index in [0.29, 0.717) is 48.6 Å². The molecule has 7 nitrogen and oxygen atoms in total. The number of piperidine rings is 1. The van der Waals surface area contributed by atoms with Crippen LogP contribution in [0.5, 0.6) is 0 Å². The molecule has 0 bridgehead atoms. The number of anilines is 1. The van der Waals surface area contributed by atoms with E-state index in [1.165, 1.54) is 11.3 Å². The Kier molecular flexibility index (Phi) is 6.24. The summed E-state index contributed by atoms with van der Waals surface area (Å²) in [5, 5.41) is 12.3. The number of aromatic nitrogens is 1. The lowest BCUT2D eigenvalue weighted by molar-refractivity contribution is -0.0311. The van der Waals surface area contributed by atoms with Gasteiger partial charge in [-0.25, -0.2) is 8.42 Å². The minimum atomic E-state index is -3.80. The summed E-state index contributed by atoms with van der Waals surface area (Å²) in [5.41, 5.74) is 0.610. The number of carbonyl (C=O) groups is 1. The van der Waals surface area contributed by atoms with Gasteiger partial charge in [-0.1, -0.05) is 13.8 Å². The first kappa shape index (κ1) is 22.7. The standard InChI is InChI=1S/C23H27N3O4S2/c1-16(2)14-23(28)9-12-26(13-10-23)22(27)17-5-7-18(8-6-17)25-32(29,30)20-15-31-19-4-3-11-24-21(19)20/h3-8,11,15-16,25,28H,9-10,12-14H2,1-2H3. The topological polar surface area (TPSA) is 99.6 Å². The molecular weight excluding hydrogens is 446 g/mol. The van der Waals surface area contributed by atoms with Crippen LogP contribution in [0, 0.1) is 5.92 Å². The molecule has 9 heteroatoms. The van der Waals surface area contributed by atoms with Gasteiger partial charge in [-0.15, -0.1) is 11.3 Å². The molecule has 0 saturated carbocycles. The first-order valence-electron chi connectivity index (χ1n) is 10.6. The fraction of sp³-hybridized carbons (Fsp3) is 0.391. The van der Waals surface area contributed by atoms with Crippen molar-refractivity contribution in [3.8, 4) is 0 Å². The molecule has 3 aromatic rings. The van der Waals surface area contributed by atoms with Gasteiger partial charge in [0.05, 0.1) is 10.3 Å². The number of amides is 1. The van der Waals surface area contributed by atoms with E-state index in [9.17, 15) is 18.3 Å². The van der Waals surface area contributed by atoms with Crippen molar-refractivity contribution in [2.24, 2.45) is 5.92 Å². The van der Waals surface area contributed by atoms with E-state index in [1.54, 1.807) is 46.8 Å². The maximum absolute atomic E-state index is 12.9. The second kappa shape index (κ2) is 8.80. The molecule has 0 aliphatic carbocycles. The molecular formula is C23H27N3O4S2. The smallest absolute Gasteiger partial charge is 0.264 e. The first-order chi connectivity index (χ1) is 15.2. The summed E-state index contributed by atoms with van der Waals surface area (Å²) >= 11 is 1.33. The zero-order valence-corrected chi connectivity index (χ0v) is 19.7. The Balaban J connectivity index is 1.43. The van der Waals surface area contributed by atoms with Gasteiger partial charge in [0.15, 0.2) is 0 Å². The number of hydrogen-bond acceptors (Lipinski definition) is 6. The Morgan fingerprint density at radius 1 is 1.22 bits per heavy atom. The molecule has 1 amide bonds. The van der Waals surface area contributed by atoms with Gasteiger partial charge in [-0.2, -0.15) is 0 Å². The highest BCUT2D eigenvalue weighted by atomic mass is 32.2. The number of nitrogens with one attached hydrogen (secondary N) is 1. The number of thiophene rings is 1.